The lowest BCUT2D eigenvalue weighted by atomic mass is 10.2. The summed E-state index contributed by atoms with van der Waals surface area (Å²) in [4.78, 5) is 29.0. The molecule has 0 amide bonds. The molecule has 0 unspecified atom stereocenters. The maximum Gasteiger partial charge on any atom is 0.406 e. The van der Waals surface area contributed by atoms with Gasteiger partial charge in [-0.3, -0.25) is 0 Å². The topological polar surface area (TPSA) is 120 Å². The van der Waals surface area contributed by atoms with Crippen molar-refractivity contribution in [2.45, 2.75) is 6.61 Å². The zero-order valence-corrected chi connectivity index (χ0v) is 17.3. The Balaban J connectivity index is 1.95. The smallest absolute Gasteiger partial charge is 0.406 e. The third kappa shape index (κ3) is 4.27. The van der Waals surface area contributed by atoms with E-state index >= 15 is 0 Å². The summed E-state index contributed by atoms with van der Waals surface area (Å²) in [6.45, 7) is -0.429. The van der Waals surface area contributed by atoms with Gasteiger partial charge in [-0.2, -0.15) is 4.73 Å². The lowest BCUT2D eigenvalue weighted by Crippen LogP contribution is -2.38. The van der Waals surface area contributed by atoms with Crippen molar-refractivity contribution in [3.8, 4) is 17.2 Å². The van der Waals surface area contributed by atoms with Crippen LogP contribution in [0.2, 0.25) is 0 Å². The molecule has 0 atom stereocenters. The van der Waals surface area contributed by atoms with Gasteiger partial charge in [-0.15, -0.1) is 0 Å². The maximum atomic E-state index is 12.8. The van der Waals surface area contributed by atoms with Crippen molar-refractivity contribution in [3.05, 3.63) is 58.6 Å². The molecule has 3 aromatic rings. The van der Waals surface area contributed by atoms with Crippen molar-refractivity contribution < 1.29 is 38.0 Å². The van der Waals surface area contributed by atoms with Gasteiger partial charge in [0, 0.05) is 0 Å². The Morgan fingerprint density at radius 1 is 0.935 bits per heavy atom. The molecule has 0 spiro atoms. The lowest BCUT2D eigenvalue weighted by Gasteiger charge is -2.12. The molecule has 0 aliphatic carbocycles. The Morgan fingerprint density at radius 3 is 2.32 bits per heavy atom. The van der Waals surface area contributed by atoms with Crippen molar-refractivity contribution in [2.75, 3.05) is 28.4 Å². The van der Waals surface area contributed by atoms with E-state index in [1.165, 1.54) is 39.5 Å². The van der Waals surface area contributed by atoms with Crippen LogP contribution >= 0.6 is 0 Å². The summed E-state index contributed by atoms with van der Waals surface area (Å²) < 4.78 is 25.8. The summed E-state index contributed by atoms with van der Waals surface area (Å²) in [5, 5.41) is 12.8. The monoisotopic (exact) mass is 428 g/mol. The highest BCUT2D eigenvalue weighted by Crippen LogP contribution is 2.28. The van der Waals surface area contributed by atoms with E-state index in [0.29, 0.717) is 27.5 Å². The number of rotatable bonds is 7. The number of fused-ring (bicyclic) bond motifs is 1. The molecular formula is C21H20N2O8. The molecule has 10 nitrogen and oxygen atoms in total. The van der Waals surface area contributed by atoms with Gasteiger partial charge < -0.3 is 28.9 Å². The third-order valence-electron chi connectivity index (χ3n) is 4.47. The minimum absolute atomic E-state index is 0.0478. The van der Waals surface area contributed by atoms with E-state index < -0.39 is 18.5 Å². The van der Waals surface area contributed by atoms with Gasteiger partial charge in [0.15, 0.2) is 17.2 Å². The van der Waals surface area contributed by atoms with Crippen LogP contribution in [0.3, 0.4) is 0 Å². The van der Waals surface area contributed by atoms with Gasteiger partial charge in [0.05, 0.1) is 40.1 Å². The molecule has 0 aliphatic rings. The summed E-state index contributed by atoms with van der Waals surface area (Å²) in [5.41, 5.74) is 0.157. The van der Waals surface area contributed by atoms with Crippen LogP contribution in [0.15, 0.2) is 36.4 Å². The van der Waals surface area contributed by atoms with Crippen molar-refractivity contribution in [1.29, 1.82) is 0 Å². The summed E-state index contributed by atoms with van der Waals surface area (Å²) in [5.74, 6) is -0.397. The average molecular weight is 428 g/mol. The van der Waals surface area contributed by atoms with Crippen LogP contribution in [0.5, 0.6) is 17.2 Å². The number of esters is 2. The number of hydrogen-bond donors (Lipinski definition) is 0. The Kier molecular flexibility index (Phi) is 6.39. The van der Waals surface area contributed by atoms with E-state index in [9.17, 15) is 14.8 Å². The van der Waals surface area contributed by atoms with Crippen molar-refractivity contribution in [3.63, 3.8) is 0 Å². The second-order valence-corrected chi connectivity index (χ2v) is 6.19. The highest BCUT2D eigenvalue weighted by atomic mass is 16.5. The summed E-state index contributed by atoms with van der Waals surface area (Å²) in [7, 11) is 5.50. The second-order valence-electron chi connectivity index (χ2n) is 6.19. The van der Waals surface area contributed by atoms with E-state index in [4.69, 9.17) is 23.7 Å². The zero-order valence-electron chi connectivity index (χ0n) is 17.3. The first-order valence-corrected chi connectivity index (χ1v) is 9.01. The molecule has 2 aromatic carbocycles. The number of ether oxygens (including phenoxy) is 5. The highest BCUT2D eigenvalue weighted by Gasteiger charge is 2.28. The third-order valence-corrected chi connectivity index (χ3v) is 4.47. The minimum atomic E-state index is -0.913. The van der Waals surface area contributed by atoms with Gasteiger partial charge >= 0.3 is 17.6 Å². The zero-order chi connectivity index (χ0) is 22.5. The number of carbonyl (C=O) groups excluding carboxylic acids is 2. The number of methoxy groups -OCH3 is 4. The molecule has 3 rings (SSSR count). The first-order chi connectivity index (χ1) is 14.9. The van der Waals surface area contributed by atoms with Crippen molar-refractivity contribution >= 4 is 23.0 Å². The fraction of sp³-hybridized carbons (Fsp3) is 0.238. The minimum Gasteiger partial charge on any atom is -0.618 e. The molecule has 1 aromatic heterocycles. The van der Waals surface area contributed by atoms with Crippen LogP contribution in [-0.2, 0) is 16.1 Å². The van der Waals surface area contributed by atoms with Crippen LogP contribution < -0.4 is 18.9 Å². The highest BCUT2D eigenvalue weighted by molar-refractivity contribution is 5.91. The Bertz CT molecular complexity index is 1150. The molecule has 0 fully saturated rings. The van der Waals surface area contributed by atoms with Gasteiger partial charge in [0.1, 0.15) is 17.9 Å². The molecule has 0 saturated carbocycles. The van der Waals surface area contributed by atoms with E-state index in [1.54, 1.807) is 18.2 Å². The standard InChI is InChI=1S/C21H20N2O8/c1-27-13-6-7-14-16(10-13)23(26)19(21(25)30-4)15(22-14)11-31-20(24)12-5-8-17(28-2)18(9-12)29-3/h5-10H,11H2,1-4H3. The summed E-state index contributed by atoms with van der Waals surface area (Å²) >= 11 is 0. The van der Waals surface area contributed by atoms with Gasteiger partial charge in [-0.25, -0.2) is 14.6 Å². The van der Waals surface area contributed by atoms with Crippen molar-refractivity contribution in [1.82, 2.24) is 4.98 Å². The number of hydrogen-bond acceptors (Lipinski definition) is 9. The first kappa shape index (κ1) is 21.6. The Labute approximate surface area is 177 Å². The van der Waals surface area contributed by atoms with Crippen molar-refractivity contribution in [2.24, 2.45) is 0 Å². The van der Waals surface area contributed by atoms with Crippen LogP contribution in [0.4, 0.5) is 0 Å². The molecule has 1 heterocycles. The fourth-order valence-corrected chi connectivity index (χ4v) is 2.90. The van der Waals surface area contributed by atoms with Crippen LogP contribution in [0, 0.1) is 5.21 Å². The quantitative estimate of drug-likeness (QED) is 0.316. The van der Waals surface area contributed by atoms with E-state index in [1.807, 2.05) is 0 Å². The van der Waals surface area contributed by atoms with E-state index in [0.717, 1.165) is 7.11 Å². The number of benzene rings is 2. The van der Waals surface area contributed by atoms with Crippen LogP contribution in [-0.4, -0.2) is 45.4 Å². The molecule has 10 heteroatoms. The van der Waals surface area contributed by atoms with Gasteiger partial charge in [-0.1, -0.05) is 0 Å². The molecule has 0 radical (unpaired) electrons. The molecule has 0 N–H and O–H groups in total. The number of aromatic nitrogens is 2. The van der Waals surface area contributed by atoms with Gasteiger partial charge in [0.2, 0.25) is 5.52 Å². The predicted molar refractivity (Wildman–Crippen MR) is 107 cm³/mol. The SMILES string of the molecule is COC(=O)c1c(COC(=O)c2ccc(OC)c(OC)c2)nc2ccc(OC)cc2[n+]1[O-]. The number of nitrogens with zero attached hydrogens (tertiary/aromatic N) is 2. The Hall–Kier alpha value is -4.08. The number of carbonyl (C=O) groups is 2. The predicted octanol–water partition coefficient (Wildman–Crippen LogP) is 2.04. The molecular weight excluding hydrogens is 408 g/mol. The van der Waals surface area contributed by atoms with E-state index in [-0.39, 0.29) is 22.5 Å². The molecule has 0 saturated heterocycles. The fourth-order valence-electron chi connectivity index (χ4n) is 2.90. The summed E-state index contributed by atoms with van der Waals surface area (Å²) in [6.07, 6.45) is 0. The van der Waals surface area contributed by atoms with Crippen LogP contribution in [0.1, 0.15) is 26.5 Å². The van der Waals surface area contributed by atoms with Crippen LogP contribution in [0.25, 0.3) is 11.0 Å². The normalized spacial score (nSPS) is 10.5. The molecule has 31 heavy (non-hydrogen) atoms. The largest absolute Gasteiger partial charge is 0.618 e. The first-order valence-electron chi connectivity index (χ1n) is 9.01. The van der Waals surface area contributed by atoms with Gasteiger partial charge in [0.25, 0.3) is 0 Å². The van der Waals surface area contributed by atoms with Gasteiger partial charge in [-0.05, 0) is 30.3 Å². The summed E-state index contributed by atoms with van der Waals surface area (Å²) in [6, 6.07) is 9.13. The molecule has 162 valence electrons. The lowest BCUT2D eigenvalue weighted by molar-refractivity contribution is -0.581. The molecule has 0 bridgehead atoms. The average Bonchev–Trinajstić information content (AvgIpc) is 2.81. The molecule has 0 aliphatic heterocycles. The van der Waals surface area contributed by atoms with E-state index in [2.05, 4.69) is 4.98 Å². The Morgan fingerprint density at radius 2 is 1.68 bits per heavy atom. The maximum absolute atomic E-state index is 12.8. The second kappa shape index (κ2) is 9.16.